The molecule has 3 amide bonds. The number of carbonyl (C=O) groups is 4. The number of benzene rings is 2. The molecule has 0 spiro atoms. The van der Waals surface area contributed by atoms with Crippen LogP contribution in [0.4, 0.5) is 4.79 Å². The highest BCUT2D eigenvalue weighted by molar-refractivity contribution is 5.95. The number of esters is 2. The molecular weight excluding hydrogens is 560 g/mol. The minimum atomic E-state index is -0.787. The molecule has 0 saturated carbocycles. The van der Waals surface area contributed by atoms with E-state index >= 15 is 0 Å². The fourth-order valence-electron chi connectivity index (χ4n) is 4.24. The molecule has 1 atom stereocenters. The molecule has 0 saturated heterocycles. The second-order valence-corrected chi connectivity index (χ2v) is 9.06. The Morgan fingerprint density at radius 2 is 1.86 bits per heavy atom. The van der Waals surface area contributed by atoms with Gasteiger partial charge in [-0.25, -0.2) is 19.8 Å². The van der Waals surface area contributed by atoms with E-state index in [-0.39, 0.29) is 30.3 Å². The van der Waals surface area contributed by atoms with E-state index in [1.54, 1.807) is 68.4 Å². The van der Waals surface area contributed by atoms with Crippen molar-refractivity contribution in [3.63, 3.8) is 0 Å². The van der Waals surface area contributed by atoms with Gasteiger partial charge in [0, 0.05) is 11.3 Å². The molecule has 0 fully saturated rings. The number of urea groups is 1. The summed E-state index contributed by atoms with van der Waals surface area (Å²) in [7, 11) is 2.67. The summed E-state index contributed by atoms with van der Waals surface area (Å²) in [6.45, 7) is 3.23. The number of hydrazone groups is 1. The van der Waals surface area contributed by atoms with Gasteiger partial charge in [0.1, 0.15) is 11.5 Å². The van der Waals surface area contributed by atoms with Crippen LogP contribution in [0.2, 0.25) is 0 Å². The van der Waals surface area contributed by atoms with E-state index in [4.69, 9.17) is 23.4 Å². The van der Waals surface area contributed by atoms with E-state index in [9.17, 15) is 19.2 Å². The van der Waals surface area contributed by atoms with Crippen molar-refractivity contribution in [3.05, 3.63) is 82.8 Å². The number of amides is 3. The van der Waals surface area contributed by atoms with Gasteiger partial charge in [-0.1, -0.05) is 18.2 Å². The van der Waals surface area contributed by atoms with Gasteiger partial charge in [-0.05, 0) is 55.8 Å². The van der Waals surface area contributed by atoms with Crippen LogP contribution in [0.3, 0.4) is 0 Å². The highest BCUT2D eigenvalue weighted by Gasteiger charge is 2.32. The van der Waals surface area contributed by atoms with Gasteiger partial charge in [0.05, 0.1) is 44.2 Å². The van der Waals surface area contributed by atoms with Crippen LogP contribution in [0.5, 0.6) is 11.5 Å². The number of methoxy groups -OCH3 is 2. The van der Waals surface area contributed by atoms with Crippen molar-refractivity contribution in [1.29, 1.82) is 0 Å². The van der Waals surface area contributed by atoms with Gasteiger partial charge in [0.2, 0.25) is 0 Å². The number of nitrogens with one attached hydrogen (secondary N) is 3. The van der Waals surface area contributed by atoms with Crippen molar-refractivity contribution in [2.75, 3.05) is 27.4 Å². The quantitative estimate of drug-likeness (QED) is 0.172. The number of hydrogen-bond acceptors (Lipinski definition) is 10. The Morgan fingerprint density at radius 3 is 2.60 bits per heavy atom. The summed E-state index contributed by atoms with van der Waals surface area (Å²) in [5.74, 6) is -0.160. The third-order valence-corrected chi connectivity index (χ3v) is 6.22. The number of furan rings is 1. The van der Waals surface area contributed by atoms with Gasteiger partial charge in [-0.2, -0.15) is 5.10 Å². The summed E-state index contributed by atoms with van der Waals surface area (Å²) in [5, 5.41) is 9.15. The Morgan fingerprint density at radius 1 is 1.05 bits per heavy atom. The third kappa shape index (κ3) is 7.38. The smallest absolute Gasteiger partial charge is 0.338 e. The normalized spacial score (nSPS) is 14.5. The standard InChI is InChI=1S/C30H30N4O9/c1-5-41-28(36)20-8-6-7-18(13-20)22-12-10-21(43-22)15-31-34-25(35)16-42-23-11-9-19(14-24(23)39-3)27-26(29(37)40-4)17(2)32-30(38)33-27/h6-15,27H,5,16H2,1-4H3,(H,34,35)(H2,32,33,38)/b31-15-/t27-/m0/s1. The van der Waals surface area contributed by atoms with Crippen LogP contribution in [-0.4, -0.2) is 57.5 Å². The molecule has 0 bridgehead atoms. The molecule has 4 rings (SSSR count). The number of nitrogens with zero attached hydrogens (tertiary/aromatic N) is 1. The summed E-state index contributed by atoms with van der Waals surface area (Å²) < 4.78 is 26.7. The van der Waals surface area contributed by atoms with Gasteiger partial charge in [0.15, 0.2) is 18.1 Å². The lowest BCUT2D eigenvalue weighted by atomic mass is 9.95. The van der Waals surface area contributed by atoms with E-state index in [1.165, 1.54) is 20.4 Å². The highest BCUT2D eigenvalue weighted by Crippen LogP contribution is 2.34. The first-order chi connectivity index (χ1) is 20.7. The van der Waals surface area contributed by atoms with Crippen LogP contribution in [0.15, 0.2) is 75.4 Å². The Bertz CT molecular complexity index is 1590. The van der Waals surface area contributed by atoms with Crippen molar-refractivity contribution in [2.45, 2.75) is 19.9 Å². The molecule has 1 aliphatic rings. The van der Waals surface area contributed by atoms with Crippen molar-refractivity contribution < 1.29 is 42.5 Å². The van der Waals surface area contributed by atoms with Gasteiger partial charge in [0.25, 0.3) is 5.91 Å². The topological polar surface area (TPSA) is 167 Å². The Balaban J connectivity index is 1.36. The first-order valence-corrected chi connectivity index (χ1v) is 13.1. The predicted octanol–water partition coefficient (Wildman–Crippen LogP) is 3.46. The lowest BCUT2D eigenvalue weighted by Gasteiger charge is -2.28. The second kappa shape index (κ2) is 13.9. The SMILES string of the molecule is CCOC(=O)c1cccc(-c2ccc(/C=N\NC(=O)COc3ccc([C@@H]4NC(=O)NC(C)=C4C(=O)OC)cc3OC)o2)c1. The zero-order chi connectivity index (χ0) is 30.9. The van der Waals surface area contributed by atoms with Crippen LogP contribution in [0.25, 0.3) is 11.3 Å². The summed E-state index contributed by atoms with van der Waals surface area (Å²) >= 11 is 0. The number of allylic oxidation sites excluding steroid dienone is 1. The van der Waals surface area contributed by atoms with Crippen LogP contribution >= 0.6 is 0 Å². The first kappa shape index (κ1) is 30.4. The number of hydrogen-bond donors (Lipinski definition) is 3. The van der Waals surface area contributed by atoms with Crippen molar-refractivity contribution in [1.82, 2.24) is 16.1 Å². The van der Waals surface area contributed by atoms with Crippen LogP contribution in [-0.2, 0) is 19.1 Å². The number of rotatable bonds is 11. The first-order valence-electron chi connectivity index (χ1n) is 13.1. The molecule has 13 heteroatoms. The average Bonchev–Trinajstić information content (AvgIpc) is 3.48. The predicted molar refractivity (Wildman–Crippen MR) is 153 cm³/mol. The van der Waals surface area contributed by atoms with E-state index in [0.29, 0.717) is 33.9 Å². The maximum Gasteiger partial charge on any atom is 0.338 e. The molecule has 1 aliphatic heterocycles. The Hall–Kier alpha value is -5.59. The van der Waals surface area contributed by atoms with Crippen molar-refractivity contribution in [3.8, 4) is 22.8 Å². The van der Waals surface area contributed by atoms with Crippen LogP contribution < -0.4 is 25.5 Å². The van der Waals surface area contributed by atoms with Gasteiger partial charge in [-0.3, -0.25) is 4.79 Å². The van der Waals surface area contributed by atoms with Crippen molar-refractivity contribution >= 4 is 30.1 Å². The molecule has 0 unspecified atom stereocenters. The minimum Gasteiger partial charge on any atom is -0.493 e. The molecule has 43 heavy (non-hydrogen) atoms. The number of ether oxygens (including phenoxy) is 4. The van der Waals surface area contributed by atoms with Crippen LogP contribution in [0, 0.1) is 0 Å². The molecule has 224 valence electrons. The highest BCUT2D eigenvalue weighted by atomic mass is 16.5. The Kier molecular flexibility index (Phi) is 9.78. The fraction of sp³-hybridized carbons (Fsp3) is 0.233. The summed E-state index contributed by atoms with van der Waals surface area (Å²) in [4.78, 5) is 48.8. The Labute approximate surface area is 246 Å². The monoisotopic (exact) mass is 590 g/mol. The summed E-state index contributed by atoms with van der Waals surface area (Å²) in [6.07, 6.45) is 1.33. The number of carbonyl (C=O) groups excluding carboxylic acids is 4. The van der Waals surface area contributed by atoms with E-state index in [0.717, 1.165) is 0 Å². The molecule has 0 aliphatic carbocycles. The van der Waals surface area contributed by atoms with E-state index < -0.39 is 29.9 Å². The summed E-state index contributed by atoms with van der Waals surface area (Å²) in [5.41, 5.74) is 4.58. The molecule has 2 heterocycles. The van der Waals surface area contributed by atoms with Gasteiger partial charge < -0.3 is 34.0 Å². The average molecular weight is 591 g/mol. The van der Waals surface area contributed by atoms with E-state index in [1.807, 2.05) is 0 Å². The fourth-order valence-corrected chi connectivity index (χ4v) is 4.24. The molecule has 2 aromatic carbocycles. The van der Waals surface area contributed by atoms with Crippen LogP contribution in [0.1, 0.15) is 41.6 Å². The zero-order valence-electron chi connectivity index (χ0n) is 23.9. The largest absolute Gasteiger partial charge is 0.493 e. The minimum absolute atomic E-state index is 0.240. The van der Waals surface area contributed by atoms with E-state index in [2.05, 4.69) is 21.2 Å². The second-order valence-electron chi connectivity index (χ2n) is 9.06. The van der Waals surface area contributed by atoms with Gasteiger partial charge >= 0.3 is 18.0 Å². The lowest BCUT2D eigenvalue weighted by Crippen LogP contribution is -2.45. The third-order valence-electron chi connectivity index (χ3n) is 6.22. The maximum atomic E-state index is 12.4. The molecule has 3 N–H and O–H groups in total. The molecule has 13 nitrogen and oxygen atoms in total. The molecular formula is C30H30N4O9. The zero-order valence-corrected chi connectivity index (χ0v) is 23.9. The van der Waals surface area contributed by atoms with Gasteiger partial charge in [-0.15, -0.1) is 0 Å². The molecule has 0 radical (unpaired) electrons. The molecule has 1 aromatic heterocycles. The maximum absolute atomic E-state index is 12.4. The van der Waals surface area contributed by atoms with Crippen molar-refractivity contribution in [2.24, 2.45) is 5.10 Å². The summed E-state index contributed by atoms with van der Waals surface area (Å²) in [6, 6.07) is 13.7. The molecule has 3 aromatic rings. The lowest BCUT2D eigenvalue weighted by molar-refractivity contribution is -0.136.